The third-order valence-electron chi connectivity index (χ3n) is 10.8. The summed E-state index contributed by atoms with van der Waals surface area (Å²) < 4.78 is 0. The molecule has 0 unspecified atom stereocenters. The monoisotopic (exact) mass is 929 g/mol. The van der Waals surface area contributed by atoms with Gasteiger partial charge in [0.2, 0.25) is 0 Å². The summed E-state index contributed by atoms with van der Waals surface area (Å²) in [6.07, 6.45) is 2.10. The predicted molar refractivity (Wildman–Crippen MR) is 259 cm³/mol. The van der Waals surface area contributed by atoms with Gasteiger partial charge in [0.15, 0.2) is 0 Å². The number of hydrogen-bond donors (Lipinski definition) is 2. The number of nitrogens with zero attached hydrogens (tertiary/aromatic N) is 2. The number of rotatable bonds is 21. The van der Waals surface area contributed by atoms with Crippen LogP contribution in [0.1, 0.15) is 129 Å². The summed E-state index contributed by atoms with van der Waals surface area (Å²) in [4.78, 5) is 0. The molecule has 0 aliphatic carbocycles. The maximum atomic E-state index is 4.86. The average Bonchev–Trinajstić information content (AvgIpc) is 3.19. The molecule has 5 heteroatoms. The van der Waals surface area contributed by atoms with E-state index in [0.717, 1.165) is 19.6 Å². The maximum absolute atomic E-state index is 4.86. The van der Waals surface area contributed by atoms with Gasteiger partial charge in [-0.3, -0.25) is 0 Å². The number of benzene rings is 4. The van der Waals surface area contributed by atoms with Gasteiger partial charge in [0, 0.05) is 58.8 Å². The Kier molecular flexibility index (Phi) is 29.4. The van der Waals surface area contributed by atoms with E-state index in [0.29, 0.717) is 65.6 Å². The molecule has 0 radical (unpaired) electrons. The van der Waals surface area contributed by atoms with E-state index < -0.39 is 0 Å². The Morgan fingerprint density at radius 1 is 0.475 bits per heavy atom. The third-order valence-corrected chi connectivity index (χ3v) is 10.8. The molecule has 4 aromatic rings. The summed E-state index contributed by atoms with van der Waals surface area (Å²) in [5, 5.41) is 16.9. The van der Waals surface area contributed by atoms with E-state index in [4.69, 9.17) is 10.6 Å². The summed E-state index contributed by atoms with van der Waals surface area (Å²) in [7, 11) is 0. The Morgan fingerprint density at radius 2 is 0.814 bits per heavy atom. The van der Waals surface area contributed by atoms with E-state index >= 15 is 0 Å². The van der Waals surface area contributed by atoms with Gasteiger partial charge in [-0.05, 0) is 71.9 Å². The molecular formula is C54H82N4Nd-4. The minimum atomic E-state index is 0. The van der Waals surface area contributed by atoms with Crippen molar-refractivity contribution in [3.63, 3.8) is 0 Å². The molecule has 0 aliphatic heterocycles. The molecule has 2 N–H and O–H groups in total. The van der Waals surface area contributed by atoms with Crippen molar-refractivity contribution in [1.29, 1.82) is 0 Å². The molecular weight excluding hydrogens is 849 g/mol. The number of nitrogens with one attached hydrogen (secondary N) is 2. The molecule has 0 amide bonds. The van der Waals surface area contributed by atoms with Crippen molar-refractivity contribution < 1.29 is 40.8 Å². The van der Waals surface area contributed by atoms with Gasteiger partial charge in [-0.2, -0.15) is 6.20 Å². The zero-order valence-corrected chi connectivity index (χ0v) is 42.7. The van der Waals surface area contributed by atoms with Crippen LogP contribution in [0.5, 0.6) is 0 Å². The minimum absolute atomic E-state index is 0. The van der Waals surface area contributed by atoms with Crippen molar-refractivity contribution in [3.8, 4) is 0 Å². The van der Waals surface area contributed by atoms with E-state index in [9.17, 15) is 0 Å². The van der Waals surface area contributed by atoms with E-state index in [1.807, 2.05) is 0 Å². The van der Waals surface area contributed by atoms with Crippen molar-refractivity contribution in [3.05, 3.63) is 181 Å². The van der Waals surface area contributed by atoms with Crippen LogP contribution in [0.3, 0.4) is 0 Å². The molecule has 0 saturated heterocycles. The van der Waals surface area contributed by atoms with Crippen LogP contribution in [-0.4, -0.2) is 43.8 Å². The smallest absolute Gasteiger partial charge is 0.0103 e. The quantitative estimate of drug-likeness (QED) is 0.0818. The first-order valence-electron chi connectivity index (χ1n) is 21.5. The molecule has 0 saturated carbocycles. The number of allylic oxidation sites excluding steroid dienone is 1. The Labute approximate surface area is 397 Å². The van der Waals surface area contributed by atoms with Crippen LogP contribution in [0.2, 0.25) is 0 Å². The standard InChI is InChI=1S/C26H39N2.C26H37N2.2CH3.Nd/c2*1-19(2)27-17-21(5)25(23-13-9-7-10-14-23)26(22(6)18-28-20(3)4)24-15-11-8-12-16-24;;;/h7-16,19-22,25-27H,17-18H2,1-6H3;7-17,19-20,22,25-26,28H,18H2,1-6H3;2*1H3;/q4*-1;/b;21-17+;;;/t21-,22-,25+,26+;22-,25+,26+;;;/m01.../s1. The fourth-order valence-electron chi connectivity index (χ4n) is 8.00. The van der Waals surface area contributed by atoms with Crippen LogP contribution in [0.4, 0.5) is 0 Å². The largest absolute Gasteiger partial charge is 0.688 e. The van der Waals surface area contributed by atoms with Crippen LogP contribution < -0.4 is 10.6 Å². The first kappa shape index (κ1) is 56.7. The molecule has 7 atom stereocenters. The second-order valence-electron chi connectivity index (χ2n) is 17.3. The first-order valence-corrected chi connectivity index (χ1v) is 21.5. The minimum Gasteiger partial charge on any atom is -0.688 e. The zero-order chi connectivity index (χ0) is 41.0. The van der Waals surface area contributed by atoms with Crippen molar-refractivity contribution in [1.82, 2.24) is 10.6 Å². The molecule has 326 valence electrons. The van der Waals surface area contributed by atoms with Crippen LogP contribution in [0, 0.1) is 73.4 Å². The first-order chi connectivity index (χ1) is 26.8. The van der Waals surface area contributed by atoms with E-state index in [1.165, 1.54) is 27.8 Å². The molecule has 0 aliphatic rings. The molecule has 0 bridgehead atoms. The number of hydrogen-bond acceptors (Lipinski definition) is 2. The van der Waals surface area contributed by atoms with E-state index in [2.05, 4.69) is 221 Å². The van der Waals surface area contributed by atoms with Crippen LogP contribution in [0.25, 0.3) is 10.6 Å². The van der Waals surface area contributed by atoms with Crippen molar-refractivity contribution in [2.45, 2.75) is 131 Å². The molecule has 59 heavy (non-hydrogen) atoms. The van der Waals surface area contributed by atoms with Crippen molar-refractivity contribution >= 4 is 0 Å². The Hall–Kier alpha value is -2.35. The summed E-state index contributed by atoms with van der Waals surface area (Å²) in [5.41, 5.74) is 6.95. The third kappa shape index (κ3) is 19.9. The molecule has 0 aromatic heterocycles. The van der Waals surface area contributed by atoms with Gasteiger partial charge >= 0.3 is 0 Å². The van der Waals surface area contributed by atoms with Gasteiger partial charge in [-0.1, -0.05) is 209 Å². The van der Waals surface area contributed by atoms with E-state index in [1.54, 1.807) is 0 Å². The van der Waals surface area contributed by atoms with Gasteiger partial charge < -0.3 is 36.1 Å². The van der Waals surface area contributed by atoms with Gasteiger partial charge in [0.25, 0.3) is 0 Å². The molecule has 0 fully saturated rings. The molecule has 4 rings (SSSR count). The predicted octanol–water partition coefficient (Wildman–Crippen LogP) is 14.4. The summed E-state index contributed by atoms with van der Waals surface area (Å²) in [6.45, 7) is 29.8. The van der Waals surface area contributed by atoms with Crippen molar-refractivity contribution in [2.75, 3.05) is 19.6 Å². The van der Waals surface area contributed by atoms with Crippen LogP contribution >= 0.6 is 0 Å². The summed E-state index contributed by atoms with van der Waals surface area (Å²) >= 11 is 0. The molecule has 4 aromatic carbocycles. The van der Waals surface area contributed by atoms with Gasteiger partial charge in [0.05, 0.1) is 0 Å². The SMILES string of the molecule is C/C(=C\[N-]C(C)C)[C@@H](c1ccccc1)[C@H](c1ccccc1)[C@H](C)CNC(C)C.CC(C)[N-]C[C@H](C)[C@H](c1ccccc1)[C@@H](c1ccccc1)[C@@H](C)CNC(C)C.[CH3-].[CH3-].[Nd]. The molecule has 4 nitrogen and oxygen atoms in total. The molecule has 0 spiro atoms. The maximum Gasteiger partial charge on any atom is 0.0103 e. The topological polar surface area (TPSA) is 52.3 Å². The van der Waals surface area contributed by atoms with Gasteiger partial charge in [-0.15, -0.1) is 18.6 Å². The van der Waals surface area contributed by atoms with Crippen LogP contribution in [-0.2, 0) is 0 Å². The van der Waals surface area contributed by atoms with Crippen molar-refractivity contribution in [2.24, 2.45) is 17.8 Å². The Morgan fingerprint density at radius 3 is 1.17 bits per heavy atom. The zero-order valence-electron chi connectivity index (χ0n) is 39.5. The summed E-state index contributed by atoms with van der Waals surface area (Å²) in [6, 6.07) is 45.7. The average molecular weight is 932 g/mol. The normalized spacial score (nSPS) is 15.0. The fraction of sp³-hybridized carbons (Fsp3) is 0.481. The summed E-state index contributed by atoms with van der Waals surface area (Å²) in [5.74, 6) is 3.07. The second-order valence-corrected chi connectivity index (χ2v) is 17.3. The molecule has 0 heterocycles. The van der Waals surface area contributed by atoms with E-state index in [-0.39, 0.29) is 55.7 Å². The van der Waals surface area contributed by atoms with Crippen LogP contribution in [0.15, 0.2) is 133 Å². The fourth-order valence-corrected chi connectivity index (χ4v) is 8.00. The van der Waals surface area contributed by atoms with Gasteiger partial charge in [0.1, 0.15) is 0 Å². The Bertz CT molecular complexity index is 1550. The second kappa shape index (κ2) is 30.6. The van der Waals surface area contributed by atoms with Gasteiger partial charge in [-0.25, -0.2) is 0 Å². The Balaban J connectivity index is 0.00000109.